The Balaban J connectivity index is 1.34. The number of ketones is 1. The fourth-order valence-electron chi connectivity index (χ4n) is 9.31. The minimum Gasteiger partial charge on any atom is -0.447 e. The molecule has 1 aliphatic heterocycles. The van der Waals surface area contributed by atoms with Gasteiger partial charge in [-0.25, -0.2) is 9.59 Å². The summed E-state index contributed by atoms with van der Waals surface area (Å²) in [4.78, 5) is 82.2. The molecule has 1 heterocycles. The van der Waals surface area contributed by atoms with Gasteiger partial charge in [0.05, 0.1) is 12.1 Å². The van der Waals surface area contributed by atoms with E-state index >= 15 is 0 Å². The lowest BCUT2D eigenvalue weighted by Crippen LogP contribution is -2.63. The minimum atomic E-state index is -1.03. The number of urea groups is 1. The molecule has 51 heavy (non-hydrogen) atoms. The lowest BCUT2D eigenvalue weighted by molar-refractivity contribution is -0.146. The molecule has 284 valence electrons. The number of hydrogen-bond donors (Lipinski definition) is 5. The van der Waals surface area contributed by atoms with E-state index in [4.69, 9.17) is 4.74 Å². The van der Waals surface area contributed by atoms with Gasteiger partial charge in [0.1, 0.15) is 18.7 Å². The number of rotatable bonds is 16. The van der Waals surface area contributed by atoms with Crippen LogP contribution in [0.5, 0.6) is 0 Å². The van der Waals surface area contributed by atoms with Crippen LogP contribution in [0.2, 0.25) is 0 Å². The molecule has 1 unspecified atom stereocenters. The Hall–Kier alpha value is -3.64. The van der Waals surface area contributed by atoms with Crippen molar-refractivity contribution in [2.75, 3.05) is 26.2 Å². The summed E-state index contributed by atoms with van der Waals surface area (Å²) < 4.78 is 5.47. The molecule has 0 aromatic rings. The van der Waals surface area contributed by atoms with Gasteiger partial charge in [-0.05, 0) is 85.9 Å². The average Bonchev–Trinajstić information content (AvgIpc) is 3.92. The fourth-order valence-corrected chi connectivity index (χ4v) is 9.31. The van der Waals surface area contributed by atoms with Crippen molar-refractivity contribution < 1.29 is 33.5 Å². The number of piperidine rings is 1. The van der Waals surface area contributed by atoms with Gasteiger partial charge < -0.3 is 36.2 Å². The van der Waals surface area contributed by atoms with Crippen LogP contribution >= 0.6 is 0 Å². The molecule has 6 amide bonds. The van der Waals surface area contributed by atoms with Crippen molar-refractivity contribution in [2.45, 2.75) is 129 Å². The van der Waals surface area contributed by atoms with Crippen LogP contribution < -0.4 is 26.6 Å². The highest BCUT2D eigenvalue weighted by Gasteiger charge is 2.70. The molecule has 6 atom stereocenters. The zero-order chi connectivity index (χ0) is 37.1. The molecule has 13 nitrogen and oxygen atoms in total. The monoisotopic (exact) mass is 712 g/mol. The van der Waals surface area contributed by atoms with E-state index in [1.165, 1.54) is 18.9 Å². The summed E-state index contributed by atoms with van der Waals surface area (Å²) in [5, 5.41) is 14.1. The summed E-state index contributed by atoms with van der Waals surface area (Å²) in [6, 6.07) is -3.66. The maximum atomic E-state index is 14.8. The van der Waals surface area contributed by atoms with Gasteiger partial charge in [0.2, 0.25) is 17.6 Å². The highest BCUT2D eigenvalue weighted by molar-refractivity contribution is 6.38. The van der Waals surface area contributed by atoms with Crippen LogP contribution in [0.3, 0.4) is 0 Å². The van der Waals surface area contributed by atoms with E-state index in [-0.39, 0.29) is 48.6 Å². The number of ether oxygens (including phenoxy) is 1. The molecule has 5 fully saturated rings. The maximum Gasteiger partial charge on any atom is 0.407 e. The first-order valence-corrected chi connectivity index (χ1v) is 19.2. The molecular formula is C38H60N6O7. The molecule has 5 aliphatic rings. The number of alkyl carbamates (subject to hydrolysis) is 1. The van der Waals surface area contributed by atoms with Crippen molar-refractivity contribution in [1.82, 2.24) is 31.5 Å². The summed E-state index contributed by atoms with van der Waals surface area (Å²) in [6.07, 6.45) is 10.5. The van der Waals surface area contributed by atoms with Gasteiger partial charge in [-0.2, -0.15) is 0 Å². The number of nitrogens with zero attached hydrogens (tertiary/aromatic N) is 1. The third-order valence-corrected chi connectivity index (χ3v) is 12.8. The van der Waals surface area contributed by atoms with Crippen molar-refractivity contribution in [1.29, 1.82) is 0 Å². The van der Waals surface area contributed by atoms with Crippen LogP contribution in [0.4, 0.5) is 9.59 Å². The van der Waals surface area contributed by atoms with Gasteiger partial charge >= 0.3 is 12.1 Å². The van der Waals surface area contributed by atoms with Crippen molar-refractivity contribution in [3.05, 3.63) is 12.7 Å². The van der Waals surface area contributed by atoms with Gasteiger partial charge in [0.25, 0.3) is 5.91 Å². The van der Waals surface area contributed by atoms with E-state index in [0.29, 0.717) is 24.9 Å². The standard InChI is InChI=1S/C38H60N6O7/c1-7-13-25(29(45)32(47)40-18-8-2)41-31(46)28-27-24(36(27,4)5)21-44(28)33(48)30(37(6)14-11-10-12-15-37)43-34(49)42-26(22-51-35(50)39-9-3)23-19-38(20-23)16-17-38/h8,23-28,30H,2,7,9-22H2,1,3-6H3,(H,39,50)(H,40,47)(H,41,46)(H2,42,43,49)/t24-,25?,26+,27-,28-,30+/m0/s1. The van der Waals surface area contributed by atoms with Crippen molar-refractivity contribution in [3.63, 3.8) is 0 Å². The largest absolute Gasteiger partial charge is 0.447 e. The molecule has 13 heteroatoms. The lowest BCUT2D eigenvalue weighted by Gasteiger charge is -2.44. The highest BCUT2D eigenvalue weighted by Crippen LogP contribution is 2.65. The number of nitrogens with one attached hydrogen (secondary N) is 5. The van der Waals surface area contributed by atoms with E-state index in [1.54, 1.807) is 4.90 Å². The van der Waals surface area contributed by atoms with E-state index in [1.807, 2.05) is 20.8 Å². The quantitative estimate of drug-likeness (QED) is 0.120. The molecule has 0 aromatic heterocycles. The number of fused-ring (bicyclic) bond motifs is 1. The fraction of sp³-hybridized carbons (Fsp3) is 0.789. The van der Waals surface area contributed by atoms with Crippen molar-refractivity contribution in [3.8, 4) is 0 Å². The van der Waals surface area contributed by atoms with Crippen LogP contribution in [0.15, 0.2) is 12.7 Å². The van der Waals surface area contributed by atoms with Gasteiger partial charge in [0.15, 0.2) is 0 Å². The molecule has 4 saturated carbocycles. The van der Waals surface area contributed by atoms with Crippen LogP contribution in [0, 0.1) is 34.0 Å². The van der Waals surface area contributed by atoms with Gasteiger partial charge in [-0.15, -0.1) is 6.58 Å². The molecule has 0 bridgehead atoms. The third-order valence-electron chi connectivity index (χ3n) is 12.8. The summed E-state index contributed by atoms with van der Waals surface area (Å²) in [5.74, 6) is -2.14. The first-order chi connectivity index (χ1) is 24.2. The van der Waals surface area contributed by atoms with Crippen molar-refractivity contribution >= 4 is 35.6 Å². The SMILES string of the molecule is C=CCNC(=O)C(=O)C(CCC)NC(=O)[C@@H]1[C@@H]2[C@H](CN1C(=O)[C@@H](NC(=O)N[C@H](COC(=O)NCC)C1CC3(CC3)C1)C1(C)CCCCC1)C2(C)C. The summed E-state index contributed by atoms with van der Waals surface area (Å²) >= 11 is 0. The molecule has 1 saturated heterocycles. The second kappa shape index (κ2) is 15.5. The topological polar surface area (TPSA) is 175 Å². The molecule has 4 aliphatic carbocycles. The molecule has 5 N–H and O–H groups in total. The second-order valence-corrected chi connectivity index (χ2v) is 16.8. The minimum absolute atomic E-state index is 0.0337. The van der Waals surface area contributed by atoms with Crippen LogP contribution in [-0.4, -0.2) is 90.9 Å². The average molecular weight is 713 g/mol. The summed E-state index contributed by atoms with van der Waals surface area (Å²) in [7, 11) is 0. The first kappa shape index (κ1) is 38.6. The second-order valence-electron chi connectivity index (χ2n) is 16.8. The van der Waals surface area contributed by atoms with Crippen molar-refractivity contribution in [2.24, 2.45) is 34.0 Å². The first-order valence-electron chi connectivity index (χ1n) is 19.2. The summed E-state index contributed by atoms with van der Waals surface area (Å²) in [5.41, 5.74) is -0.350. The third kappa shape index (κ3) is 8.38. The Bertz CT molecular complexity index is 1360. The predicted octanol–water partition coefficient (Wildman–Crippen LogP) is 3.57. The lowest BCUT2D eigenvalue weighted by atomic mass is 9.68. The van der Waals surface area contributed by atoms with E-state index in [9.17, 15) is 28.8 Å². The number of carbonyl (C=O) groups is 6. The Morgan fingerprint density at radius 1 is 0.922 bits per heavy atom. The Morgan fingerprint density at radius 2 is 1.61 bits per heavy atom. The molecule has 5 rings (SSSR count). The Kier molecular flexibility index (Phi) is 11.8. The molecular weight excluding hydrogens is 652 g/mol. The van der Waals surface area contributed by atoms with E-state index < -0.39 is 59.3 Å². The Morgan fingerprint density at radius 3 is 2.22 bits per heavy atom. The van der Waals surface area contributed by atoms with Crippen LogP contribution in [-0.2, 0) is 23.9 Å². The highest BCUT2D eigenvalue weighted by atomic mass is 16.5. The zero-order valence-corrected chi connectivity index (χ0v) is 31.2. The molecule has 0 aromatic carbocycles. The zero-order valence-electron chi connectivity index (χ0n) is 31.2. The van der Waals surface area contributed by atoms with Crippen LogP contribution in [0.25, 0.3) is 0 Å². The Labute approximate surface area is 302 Å². The van der Waals surface area contributed by atoms with E-state index in [0.717, 1.165) is 44.9 Å². The number of Topliss-reactive ketones (excluding diaryl/α,β-unsaturated/α-hetero) is 1. The van der Waals surface area contributed by atoms with Gasteiger partial charge in [-0.1, -0.05) is 59.5 Å². The normalized spacial score (nSPS) is 26.6. The predicted molar refractivity (Wildman–Crippen MR) is 191 cm³/mol. The number of hydrogen-bond acceptors (Lipinski definition) is 7. The number of carbonyl (C=O) groups excluding carboxylic acids is 6. The maximum absolute atomic E-state index is 14.8. The number of likely N-dealkylation sites (tertiary alicyclic amines) is 1. The molecule has 1 spiro atoms. The number of amides is 6. The van der Waals surface area contributed by atoms with Gasteiger partial charge in [-0.3, -0.25) is 19.2 Å². The van der Waals surface area contributed by atoms with Gasteiger partial charge in [0, 0.05) is 19.6 Å². The van der Waals surface area contributed by atoms with Crippen LogP contribution in [0.1, 0.15) is 105 Å². The smallest absolute Gasteiger partial charge is 0.407 e. The molecule has 0 radical (unpaired) electrons. The summed E-state index contributed by atoms with van der Waals surface area (Å²) in [6.45, 7) is 14.4. The van der Waals surface area contributed by atoms with E-state index in [2.05, 4.69) is 47.0 Å².